The van der Waals surface area contributed by atoms with E-state index in [1.807, 2.05) is 0 Å². The van der Waals surface area contributed by atoms with Gasteiger partial charge in [0.05, 0.1) is 5.56 Å². The van der Waals surface area contributed by atoms with Crippen LogP contribution in [-0.4, -0.2) is 22.8 Å². The van der Waals surface area contributed by atoms with Gasteiger partial charge in [-0.3, -0.25) is 0 Å². The van der Waals surface area contributed by atoms with E-state index in [9.17, 15) is 9.59 Å². The van der Waals surface area contributed by atoms with Crippen LogP contribution in [0, 0.1) is 0 Å². The van der Waals surface area contributed by atoms with Gasteiger partial charge in [0.2, 0.25) is 0 Å². The fourth-order valence-corrected chi connectivity index (χ4v) is 1.17. The van der Waals surface area contributed by atoms with Gasteiger partial charge in [-0.15, -0.1) is 0 Å². The molecule has 0 amide bonds. The first-order valence-electron chi connectivity index (χ1n) is 5.46. The highest BCUT2D eigenvalue weighted by Crippen LogP contribution is 2.10. The van der Waals surface area contributed by atoms with E-state index in [1.54, 1.807) is 32.9 Å². The highest BCUT2D eigenvalue weighted by atomic mass is 16.7. The summed E-state index contributed by atoms with van der Waals surface area (Å²) in [7, 11) is 0. The summed E-state index contributed by atoms with van der Waals surface area (Å²) in [6.45, 7) is 5.29. The average Bonchev–Trinajstić information content (AvgIpc) is 2.24. The summed E-state index contributed by atoms with van der Waals surface area (Å²) in [4.78, 5) is 21.9. The molecule has 0 spiro atoms. The monoisotopic (exact) mass is 252 g/mol. The molecule has 0 aliphatic heterocycles. The fraction of sp³-hybridized carbons (Fsp3) is 0.385. The number of benzene rings is 1. The van der Waals surface area contributed by atoms with Crippen LogP contribution < -0.4 is 0 Å². The zero-order valence-electron chi connectivity index (χ0n) is 10.6. The number of carbonyl (C=O) groups excluding carboxylic acids is 1. The largest absolute Gasteiger partial charge is 0.509 e. The first-order chi connectivity index (χ1) is 8.28. The number of carboxylic acids is 1. The third-order valence-electron chi connectivity index (χ3n) is 1.95. The van der Waals surface area contributed by atoms with Crippen molar-refractivity contribution in [2.75, 3.05) is 0 Å². The van der Waals surface area contributed by atoms with Crippen LogP contribution in [0.1, 0.15) is 36.7 Å². The molecule has 1 aromatic rings. The summed E-state index contributed by atoms with van der Waals surface area (Å²) < 4.78 is 9.86. The van der Waals surface area contributed by atoms with Crippen LogP contribution in [0.15, 0.2) is 24.3 Å². The summed E-state index contributed by atoms with van der Waals surface area (Å²) in [5, 5.41) is 8.72. The van der Waals surface area contributed by atoms with Gasteiger partial charge in [0.15, 0.2) is 0 Å². The molecule has 0 unspecified atom stereocenters. The molecule has 0 heterocycles. The van der Waals surface area contributed by atoms with Crippen molar-refractivity contribution in [1.29, 1.82) is 0 Å². The second-order valence-electron chi connectivity index (χ2n) is 4.76. The van der Waals surface area contributed by atoms with E-state index in [1.165, 1.54) is 12.1 Å². The zero-order chi connectivity index (χ0) is 13.8. The highest BCUT2D eigenvalue weighted by molar-refractivity contribution is 5.87. The Balaban J connectivity index is 2.49. The fourth-order valence-electron chi connectivity index (χ4n) is 1.17. The Hall–Kier alpha value is -2.04. The average molecular weight is 252 g/mol. The molecule has 0 aromatic heterocycles. The Labute approximate surface area is 105 Å². The SMILES string of the molecule is CC(C)(C)OC(=O)OCc1ccc(C(=O)O)cc1. The van der Waals surface area contributed by atoms with E-state index in [4.69, 9.17) is 14.6 Å². The number of aromatic carboxylic acids is 1. The molecule has 0 atom stereocenters. The Morgan fingerprint density at radius 1 is 1.17 bits per heavy atom. The lowest BCUT2D eigenvalue weighted by molar-refractivity contribution is -0.0108. The number of hydrogen-bond donors (Lipinski definition) is 1. The molecule has 1 N–H and O–H groups in total. The van der Waals surface area contributed by atoms with Crippen molar-refractivity contribution >= 4 is 12.1 Å². The normalized spacial score (nSPS) is 10.8. The van der Waals surface area contributed by atoms with Crippen LogP contribution >= 0.6 is 0 Å². The second-order valence-corrected chi connectivity index (χ2v) is 4.76. The number of carboxylic acid groups (broad SMARTS) is 1. The molecule has 1 aromatic carbocycles. The van der Waals surface area contributed by atoms with Gasteiger partial charge in [-0.1, -0.05) is 12.1 Å². The van der Waals surface area contributed by atoms with Crippen molar-refractivity contribution in [1.82, 2.24) is 0 Å². The van der Waals surface area contributed by atoms with Crippen LogP contribution in [0.25, 0.3) is 0 Å². The zero-order valence-corrected chi connectivity index (χ0v) is 10.6. The van der Waals surface area contributed by atoms with Gasteiger partial charge in [0, 0.05) is 0 Å². The molecule has 1 rings (SSSR count). The van der Waals surface area contributed by atoms with E-state index >= 15 is 0 Å². The molecule has 98 valence electrons. The van der Waals surface area contributed by atoms with E-state index < -0.39 is 17.7 Å². The Bertz CT molecular complexity index is 428. The van der Waals surface area contributed by atoms with Gasteiger partial charge in [-0.2, -0.15) is 0 Å². The topological polar surface area (TPSA) is 72.8 Å². The summed E-state index contributed by atoms with van der Waals surface area (Å²) in [6, 6.07) is 6.09. The molecule has 0 saturated heterocycles. The van der Waals surface area contributed by atoms with E-state index in [0.29, 0.717) is 5.56 Å². The minimum atomic E-state index is -0.991. The van der Waals surface area contributed by atoms with E-state index in [-0.39, 0.29) is 12.2 Å². The third kappa shape index (κ3) is 4.86. The maximum Gasteiger partial charge on any atom is 0.509 e. The van der Waals surface area contributed by atoms with Crippen LogP contribution in [0.5, 0.6) is 0 Å². The Morgan fingerprint density at radius 2 is 1.72 bits per heavy atom. The number of rotatable bonds is 3. The molecular formula is C13H16O5. The molecule has 5 heteroatoms. The van der Waals surface area contributed by atoms with Crippen LogP contribution in [0.2, 0.25) is 0 Å². The van der Waals surface area contributed by atoms with E-state index in [2.05, 4.69) is 0 Å². The molecule has 0 aliphatic rings. The van der Waals surface area contributed by atoms with Crippen LogP contribution in [-0.2, 0) is 16.1 Å². The molecule has 18 heavy (non-hydrogen) atoms. The predicted molar refractivity (Wildman–Crippen MR) is 64.4 cm³/mol. The lowest BCUT2D eigenvalue weighted by Gasteiger charge is -2.18. The van der Waals surface area contributed by atoms with Gasteiger partial charge in [0.1, 0.15) is 12.2 Å². The van der Waals surface area contributed by atoms with Crippen molar-refractivity contribution in [2.45, 2.75) is 33.0 Å². The van der Waals surface area contributed by atoms with Gasteiger partial charge in [-0.05, 0) is 38.5 Å². The molecule has 0 fully saturated rings. The first-order valence-corrected chi connectivity index (χ1v) is 5.46. The van der Waals surface area contributed by atoms with Crippen molar-refractivity contribution in [3.8, 4) is 0 Å². The van der Waals surface area contributed by atoms with Crippen molar-refractivity contribution in [2.24, 2.45) is 0 Å². The molecule has 0 saturated carbocycles. The quantitative estimate of drug-likeness (QED) is 0.837. The molecule has 0 bridgehead atoms. The summed E-state index contributed by atoms with van der Waals surface area (Å²) >= 11 is 0. The third-order valence-corrected chi connectivity index (χ3v) is 1.95. The van der Waals surface area contributed by atoms with Crippen LogP contribution in [0.3, 0.4) is 0 Å². The molecule has 0 radical (unpaired) electrons. The summed E-state index contributed by atoms with van der Waals surface area (Å²) in [6.07, 6.45) is -0.746. The minimum Gasteiger partial charge on any atom is -0.478 e. The Kier molecular flexibility index (Phi) is 4.31. The van der Waals surface area contributed by atoms with Crippen LogP contribution in [0.4, 0.5) is 4.79 Å². The lowest BCUT2D eigenvalue weighted by Crippen LogP contribution is -2.24. The predicted octanol–water partition coefficient (Wildman–Crippen LogP) is 2.84. The number of carbonyl (C=O) groups is 2. The smallest absolute Gasteiger partial charge is 0.478 e. The maximum atomic E-state index is 11.3. The molecular weight excluding hydrogens is 236 g/mol. The van der Waals surface area contributed by atoms with E-state index in [0.717, 1.165) is 0 Å². The lowest BCUT2D eigenvalue weighted by atomic mass is 10.1. The van der Waals surface area contributed by atoms with Gasteiger partial charge in [0.25, 0.3) is 0 Å². The molecule has 5 nitrogen and oxygen atoms in total. The maximum absolute atomic E-state index is 11.3. The minimum absolute atomic E-state index is 0.0504. The first kappa shape index (κ1) is 14.0. The van der Waals surface area contributed by atoms with Crippen molar-refractivity contribution in [3.63, 3.8) is 0 Å². The number of ether oxygens (including phenoxy) is 2. The molecule has 0 aliphatic carbocycles. The van der Waals surface area contributed by atoms with Crippen molar-refractivity contribution < 1.29 is 24.2 Å². The van der Waals surface area contributed by atoms with Gasteiger partial charge < -0.3 is 14.6 Å². The van der Waals surface area contributed by atoms with Gasteiger partial charge in [-0.25, -0.2) is 9.59 Å². The standard InChI is InChI=1S/C13H16O5/c1-13(2,3)18-12(16)17-8-9-4-6-10(7-5-9)11(14)15/h4-7H,8H2,1-3H3,(H,14,15). The number of hydrogen-bond acceptors (Lipinski definition) is 4. The summed E-state index contributed by atoms with van der Waals surface area (Å²) in [5.74, 6) is -0.991. The van der Waals surface area contributed by atoms with Gasteiger partial charge >= 0.3 is 12.1 Å². The highest BCUT2D eigenvalue weighted by Gasteiger charge is 2.17. The second kappa shape index (κ2) is 5.53. The van der Waals surface area contributed by atoms with Crippen molar-refractivity contribution in [3.05, 3.63) is 35.4 Å². The Morgan fingerprint density at radius 3 is 2.17 bits per heavy atom. The summed E-state index contributed by atoms with van der Waals surface area (Å²) in [5.41, 5.74) is 0.298.